The molecular weight excluding hydrogens is 425 g/mol. The van der Waals surface area contributed by atoms with Gasteiger partial charge >= 0.3 is 5.97 Å². The first-order valence-electron chi connectivity index (χ1n) is 8.19. The molecule has 0 spiro atoms. The molecule has 0 saturated heterocycles. The smallest absolute Gasteiger partial charge is 0.337 e. The molecule has 28 heavy (non-hydrogen) atoms. The summed E-state index contributed by atoms with van der Waals surface area (Å²) in [5.74, 6) is -1.50. The van der Waals surface area contributed by atoms with Crippen molar-refractivity contribution >= 4 is 62.3 Å². The molecule has 10 heteroatoms. The first kappa shape index (κ1) is 20.3. The van der Waals surface area contributed by atoms with Crippen LogP contribution >= 0.6 is 34.5 Å². The minimum Gasteiger partial charge on any atom is -0.478 e. The Morgan fingerprint density at radius 3 is 2.68 bits per heavy atom. The largest absolute Gasteiger partial charge is 0.478 e. The van der Waals surface area contributed by atoms with E-state index in [1.54, 1.807) is 12.1 Å². The summed E-state index contributed by atoms with van der Waals surface area (Å²) in [6.07, 6.45) is 0. The number of hydrogen-bond acceptors (Lipinski definition) is 5. The van der Waals surface area contributed by atoms with Crippen molar-refractivity contribution in [3.8, 4) is 0 Å². The van der Waals surface area contributed by atoms with Gasteiger partial charge in [-0.2, -0.15) is 0 Å². The molecule has 3 aromatic rings. The zero-order chi connectivity index (χ0) is 20.6. The number of halogens is 2. The predicted molar refractivity (Wildman–Crippen MR) is 110 cm³/mol. The standard InChI is InChI=1S/C18H15Cl2N3O4S/c1-8(2)15-22-16-14(10(7-28-16)18(26)27)17(25)23(15)6-13(24)21-12-5-9(19)3-4-11(12)20/h3-5,7-8H,6H2,1-2H3,(H,21,24)(H,26,27). The van der Waals surface area contributed by atoms with Gasteiger partial charge in [0, 0.05) is 16.3 Å². The van der Waals surface area contributed by atoms with Crippen LogP contribution in [-0.2, 0) is 11.3 Å². The average Bonchev–Trinajstić information content (AvgIpc) is 3.04. The number of carbonyl (C=O) groups excluding carboxylic acids is 1. The van der Waals surface area contributed by atoms with E-state index in [9.17, 15) is 19.5 Å². The van der Waals surface area contributed by atoms with E-state index in [0.717, 1.165) is 11.3 Å². The normalized spacial score (nSPS) is 11.2. The fourth-order valence-corrected chi connectivity index (χ4v) is 3.96. The van der Waals surface area contributed by atoms with Crippen LogP contribution in [0.2, 0.25) is 10.0 Å². The van der Waals surface area contributed by atoms with Crippen molar-refractivity contribution in [1.29, 1.82) is 0 Å². The van der Waals surface area contributed by atoms with Crippen LogP contribution in [0.4, 0.5) is 5.69 Å². The molecule has 7 nitrogen and oxygen atoms in total. The first-order valence-corrected chi connectivity index (χ1v) is 9.82. The summed E-state index contributed by atoms with van der Waals surface area (Å²) in [7, 11) is 0. The molecule has 0 saturated carbocycles. The lowest BCUT2D eigenvalue weighted by atomic mass is 10.2. The van der Waals surface area contributed by atoms with Gasteiger partial charge in [-0.1, -0.05) is 37.0 Å². The highest BCUT2D eigenvalue weighted by Crippen LogP contribution is 2.26. The van der Waals surface area contributed by atoms with E-state index in [0.29, 0.717) is 26.4 Å². The Labute approximate surface area is 173 Å². The highest BCUT2D eigenvalue weighted by Gasteiger charge is 2.22. The zero-order valence-electron chi connectivity index (χ0n) is 14.8. The maximum Gasteiger partial charge on any atom is 0.337 e. The number of fused-ring (bicyclic) bond motifs is 1. The van der Waals surface area contributed by atoms with Crippen molar-refractivity contribution in [3.63, 3.8) is 0 Å². The Kier molecular flexibility index (Phi) is 5.74. The number of carbonyl (C=O) groups is 2. The summed E-state index contributed by atoms with van der Waals surface area (Å²) in [5.41, 5.74) is -0.381. The summed E-state index contributed by atoms with van der Waals surface area (Å²) < 4.78 is 1.19. The van der Waals surface area contributed by atoms with Gasteiger partial charge in [-0.15, -0.1) is 11.3 Å². The molecule has 2 N–H and O–H groups in total. The van der Waals surface area contributed by atoms with Crippen molar-refractivity contribution in [2.75, 3.05) is 5.32 Å². The minimum atomic E-state index is -1.22. The molecule has 0 aliphatic carbocycles. The number of hydrogen-bond donors (Lipinski definition) is 2. The molecule has 3 rings (SSSR count). The molecule has 0 fully saturated rings. The molecule has 0 aliphatic rings. The summed E-state index contributed by atoms with van der Waals surface area (Å²) in [5, 5.41) is 14.0. The number of benzene rings is 1. The van der Waals surface area contributed by atoms with Crippen LogP contribution in [0, 0.1) is 0 Å². The maximum absolute atomic E-state index is 13.0. The van der Waals surface area contributed by atoms with Crippen molar-refractivity contribution < 1.29 is 14.7 Å². The second kappa shape index (κ2) is 7.90. The third kappa shape index (κ3) is 3.89. The number of rotatable bonds is 5. The number of anilines is 1. The van der Waals surface area contributed by atoms with E-state index >= 15 is 0 Å². The molecule has 2 heterocycles. The van der Waals surface area contributed by atoms with Gasteiger partial charge in [0.25, 0.3) is 5.56 Å². The third-order valence-corrected chi connectivity index (χ3v) is 5.41. The molecule has 146 valence electrons. The van der Waals surface area contributed by atoms with E-state index < -0.39 is 17.4 Å². The van der Waals surface area contributed by atoms with Crippen LogP contribution in [-0.4, -0.2) is 26.5 Å². The van der Waals surface area contributed by atoms with Gasteiger partial charge in [-0.05, 0) is 18.2 Å². The molecule has 1 amide bonds. The van der Waals surface area contributed by atoms with Crippen LogP contribution < -0.4 is 10.9 Å². The van der Waals surface area contributed by atoms with Crippen molar-refractivity contribution in [2.45, 2.75) is 26.3 Å². The number of amides is 1. The summed E-state index contributed by atoms with van der Waals surface area (Å²) >= 11 is 13.1. The summed E-state index contributed by atoms with van der Waals surface area (Å²) in [4.78, 5) is 41.7. The van der Waals surface area contributed by atoms with E-state index in [-0.39, 0.29) is 23.4 Å². The Morgan fingerprint density at radius 2 is 2.04 bits per heavy atom. The number of carboxylic acid groups (broad SMARTS) is 1. The van der Waals surface area contributed by atoms with E-state index in [2.05, 4.69) is 10.3 Å². The number of nitrogens with one attached hydrogen (secondary N) is 1. The summed E-state index contributed by atoms with van der Waals surface area (Å²) in [6.45, 7) is 3.33. The fourth-order valence-electron chi connectivity index (χ4n) is 2.72. The Morgan fingerprint density at radius 1 is 1.32 bits per heavy atom. The first-order chi connectivity index (χ1) is 13.2. The van der Waals surface area contributed by atoms with Crippen molar-refractivity contribution in [1.82, 2.24) is 9.55 Å². The lowest BCUT2D eigenvalue weighted by Crippen LogP contribution is -2.32. The molecule has 2 aromatic heterocycles. The number of thiophene rings is 1. The summed E-state index contributed by atoms with van der Waals surface area (Å²) in [6, 6.07) is 4.63. The molecule has 0 bridgehead atoms. The van der Waals surface area contributed by atoms with Crippen LogP contribution in [0.15, 0.2) is 28.4 Å². The van der Waals surface area contributed by atoms with Gasteiger partial charge in [0.2, 0.25) is 5.91 Å². The minimum absolute atomic E-state index is 0.00418. The molecular formula is C18H15Cl2N3O4S. The molecule has 0 radical (unpaired) electrons. The number of aromatic nitrogens is 2. The van der Waals surface area contributed by atoms with Crippen LogP contribution in [0.5, 0.6) is 0 Å². The second-order valence-corrected chi connectivity index (χ2v) is 8.02. The van der Waals surface area contributed by atoms with Crippen LogP contribution in [0.25, 0.3) is 10.2 Å². The van der Waals surface area contributed by atoms with E-state index in [1.165, 1.54) is 16.0 Å². The molecule has 1 aromatic carbocycles. The number of aromatic carboxylic acids is 1. The van der Waals surface area contributed by atoms with Gasteiger partial charge in [0.15, 0.2) is 0 Å². The van der Waals surface area contributed by atoms with Gasteiger partial charge in [-0.25, -0.2) is 9.78 Å². The SMILES string of the molecule is CC(C)c1nc2scc(C(=O)O)c2c(=O)n1CC(=O)Nc1cc(Cl)ccc1Cl. The molecule has 0 aliphatic heterocycles. The lowest BCUT2D eigenvalue weighted by Gasteiger charge is -2.15. The molecule has 0 atom stereocenters. The van der Waals surface area contributed by atoms with Gasteiger partial charge in [0.05, 0.1) is 21.7 Å². The van der Waals surface area contributed by atoms with Gasteiger partial charge in [0.1, 0.15) is 17.2 Å². The Bertz CT molecular complexity index is 1150. The Balaban J connectivity index is 2.04. The van der Waals surface area contributed by atoms with Crippen molar-refractivity contribution in [2.24, 2.45) is 0 Å². The fraction of sp³-hybridized carbons (Fsp3) is 0.222. The predicted octanol–water partition coefficient (Wildman–Crippen LogP) is 4.23. The average molecular weight is 440 g/mol. The Hall–Kier alpha value is -2.42. The van der Waals surface area contributed by atoms with E-state index in [4.69, 9.17) is 23.2 Å². The highest BCUT2D eigenvalue weighted by molar-refractivity contribution is 7.17. The number of nitrogens with zero attached hydrogens (tertiary/aromatic N) is 2. The van der Waals surface area contributed by atoms with Gasteiger partial charge < -0.3 is 10.4 Å². The van der Waals surface area contributed by atoms with Crippen molar-refractivity contribution in [3.05, 3.63) is 55.4 Å². The highest BCUT2D eigenvalue weighted by atomic mass is 35.5. The van der Waals surface area contributed by atoms with Gasteiger partial charge in [-0.3, -0.25) is 14.2 Å². The number of carboxylic acids is 1. The molecule has 0 unspecified atom stereocenters. The second-order valence-electron chi connectivity index (χ2n) is 6.32. The lowest BCUT2D eigenvalue weighted by molar-refractivity contribution is -0.116. The topological polar surface area (TPSA) is 101 Å². The van der Waals surface area contributed by atoms with E-state index in [1.807, 2.05) is 13.8 Å². The monoisotopic (exact) mass is 439 g/mol. The zero-order valence-corrected chi connectivity index (χ0v) is 17.2. The maximum atomic E-state index is 13.0. The van der Waals surface area contributed by atoms with Crippen LogP contribution in [0.3, 0.4) is 0 Å². The quantitative estimate of drug-likeness (QED) is 0.619. The van der Waals surface area contributed by atoms with Crippen LogP contribution in [0.1, 0.15) is 35.9 Å². The third-order valence-electron chi connectivity index (χ3n) is 3.97.